The van der Waals surface area contributed by atoms with E-state index in [1.165, 1.54) is 88.4 Å². The highest BCUT2D eigenvalue weighted by Crippen LogP contribution is 2.42. The molecule has 0 fully saturated rings. The second-order valence-corrected chi connectivity index (χ2v) is 12.9. The van der Waals surface area contributed by atoms with E-state index >= 15 is 0 Å². The van der Waals surface area contributed by atoms with Gasteiger partial charge < -0.3 is 9.13 Å². The summed E-state index contributed by atoms with van der Waals surface area (Å²) in [5, 5.41) is 5.00. The van der Waals surface area contributed by atoms with Gasteiger partial charge in [0.1, 0.15) is 0 Å². The molecule has 0 aliphatic carbocycles. The molecule has 50 heavy (non-hydrogen) atoms. The first kappa shape index (κ1) is 28.4. The lowest BCUT2D eigenvalue weighted by atomic mass is 9.95. The standard InChI is InChI=1S/C48H32N2/c1-4-15-33(16-5-1)38-23-14-24-39(34-17-6-2-7-18-34)48(38)50-45-26-13-11-22-41(45)43-32-36(28-30-47(43)50)35-27-29-46-42(31-35)40-21-10-12-25-44(40)49(46)37-19-8-3-9-20-37/h1-32H. The molecule has 0 spiro atoms. The molecular weight excluding hydrogens is 605 g/mol. The largest absolute Gasteiger partial charge is 0.309 e. The Morgan fingerprint density at radius 3 is 1.22 bits per heavy atom. The molecule has 0 bridgehead atoms. The maximum atomic E-state index is 2.48. The predicted molar refractivity (Wildman–Crippen MR) is 211 cm³/mol. The van der Waals surface area contributed by atoms with Crippen LogP contribution in [0.15, 0.2) is 194 Å². The van der Waals surface area contributed by atoms with E-state index in [0.29, 0.717) is 0 Å². The zero-order chi connectivity index (χ0) is 33.0. The van der Waals surface area contributed by atoms with Crippen LogP contribution in [-0.4, -0.2) is 9.13 Å². The van der Waals surface area contributed by atoms with E-state index in [-0.39, 0.29) is 0 Å². The minimum absolute atomic E-state index is 1.17. The first-order chi connectivity index (χ1) is 24.8. The lowest BCUT2D eigenvalue weighted by Gasteiger charge is -2.19. The summed E-state index contributed by atoms with van der Waals surface area (Å²) in [5.74, 6) is 0. The lowest BCUT2D eigenvalue weighted by molar-refractivity contribution is 1.18. The molecule has 0 saturated carbocycles. The molecule has 234 valence electrons. The Kier molecular flexibility index (Phi) is 6.53. The van der Waals surface area contributed by atoms with Crippen molar-refractivity contribution in [2.45, 2.75) is 0 Å². The first-order valence-electron chi connectivity index (χ1n) is 17.2. The molecule has 0 aliphatic rings. The fourth-order valence-electron chi connectivity index (χ4n) is 7.89. The number of fused-ring (bicyclic) bond motifs is 6. The second-order valence-electron chi connectivity index (χ2n) is 12.9. The highest BCUT2D eigenvalue weighted by Gasteiger charge is 2.20. The third kappa shape index (κ3) is 4.43. The molecule has 0 N–H and O–H groups in total. The molecule has 0 amide bonds. The van der Waals surface area contributed by atoms with Crippen LogP contribution in [0.25, 0.3) is 88.4 Å². The third-order valence-corrected chi connectivity index (χ3v) is 10.1. The minimum Gasteiger partial charge on any atom is -0.309 e. The summed E-state index contributed by atoms with van der Waals surface area (Å²) < 4.78 is 4.86. The van der Waals surface area contributed by atoms with Crippen molar-refractivity contribution in [1.82, 2.24) is 9.13 Å². The van der Waals surface area contributed by atoms with Crippen molar-refractivity contribution in [2.24, 2.45) is 0 Å². The number of para-hydroxylation sites is 4. The van der Waals surface area contributed by atoms with Gasteiger partial charge in [-0.05, 0) is 70.8 Å². The van der Waals surface area contributed by atoms with Gasteiger partial charge in [0.15, 0.2) is 0 Å². The van der Waals surface area contributed by atoms with Crippen molar-refractivity contribution < 1.29 is 0 Å². The highest BCUT2D eigenvalue weighted by molar-refractivity contribution is 6.13. The zero-order valence-electron chi connectivity index (χ0n) is 27.4. The second kappa shape index (κ2) is 11.5. The molecule has 8 aromatic carbocycles. The number of rotatable bonds is 5. The average Bonchev–Trinajstić information content (AvgIpc) is 3.70. The summed E-state index contributed by atoms with van der Waals surface area (Å²) in [5.41, 5.74) is 14.4. The number of nitrogens with zero attached hydrogens (tertiary/aromatic N) is 2. The fraction of sp³-hybridized carbons (Fsp3) is 0. The highest BCUT2D eigenvalue weighted by atomic mass is 15.0. The SMILES string of the molecule is c1ccc(-c2cccc(-c3ccccc3)c2-n2c3ccccc3c3cc(-c4ccc5c(c4)c4ccccc4n5-c4ccccc4)ccc32)cc1. The van der Waals surface area contributed by atoms with Gasteiger partial charge in [-0.25, -0.2) is 0 Å². The van der Waals surface area contributed by atoms with Crippen LogP contribution >= 0.6 is 0 Å². The molecule has 2 aromatic heterocycles. The van der Waals surface area contributed by atoms with Gasteiger partial charge in [-0.1, -0.05) is 146 Å². The molecule has 0 saturated heterocycles. The van der Waals surface area contributed by atoms with Gasteiger partial charge in [0.25, 0.3) is 0 Å². The Balaban J connectivity index is 1.22. The smallest absolute Gasteiger partial charge is 0.0618 e. The Bertz CT molecular complexity index is 2780. The molecule has 10 aromatic rings. The summed E-state index contributed by atoms with van der Waals surface area (Å²) >= 11 is 0. The van der Waals surface area contributed by atoms with E-state index in [9.17, 15) is 0 Å². The van der Waals surface area contributed by atoms with Crippen molar-refractivity contribution >= 4 is 43.6 Å². The van der Waals surface area contributed by atoms with Crippen LogP contribution in [0.2, 0.25) is 0 Å². The Hall–Kier alpha value is -6.64. The summed E-state index contributed by atoms with van der Waals surface area (Å²) in [7, 11) is 0. The Morgan fingerprint density at radius 2 is 0.680 bits per heavy atom. The van der Waals surface area contributed by atoms with E-state index in [1.807, 2.05) is 0 Å². The summed E-state index contributed by atoms with van der Waals surface area (Å²) in [6.07, 6.45) is 0. The monoisotopic (exact) mass is 636 g/mol. The normalized spacial score (nSPS) is 11.6. The molecule has 0 unspecified atom stereocenters. The summed E-state index contributed by atoms with van der Waals surface area (Å²) in [6, 6.07) is 70.4. The quantitative estimate of drug-likeness (QED) is 0.178. The molecule has 10 rings (SSSR count). The first-order valence-corrected chi connectivity index (χ1v) is 17.2. The topological polar surface area (TPSA) is 9.86 Å². The molecule has 0 atom stereocenters. The van der Waals surface area contributed by atoms with Crippen LogP contribution in [0, 0.1) is 0 Å². The lowest BCUT2D eigenvalue weighted by Crippen LogP contribution is -2.00. The number of hydrogen-bond donors (Lipinski definition) is 0. The number of aromatic nitrogens is 2. The molecule has 2 heteroatoms. The number of benzene rings is 8. The molecule has 0 radical (unpaired) electrons. The van der Waals surface area contributed by atoms with Crippen molar-refractivity contribution in [3.63, 3.8) is 0 Å². The van der Waals surface area contributed by atoms with Gasteiger partial charge in [-0.2, -0.15) is 0 Å². The number of hydrogen-bond acceptors (Lipinski definition) is 0. The van der Waals surface area contributed by atoms with Crippen molar-refractivity contribution in [3.8, 4) is 44.8 Å². The Labute approximate surface area is 290 Å². The third-order valence-electron chi connectivity index (χ3n) is 10.1. The fourth-order valence-corrected chi connectivity index (χ4v) is 7.89. The maximum absolute atomic E-state index is 2.48. The predicted octanol–water partition coefficient (Wildman–Crippen LogP) is 12.9. The molecule has 0 aliphatic heterocycles. The van der Waals surface area contributed by atoms with Crippen LogP contribution in [0.3, 0.4) is 0 Å². The molecule has 2 nitrogen and oxygen atoms in total. The van der Waals surface area contributed by atoms with Crippen molar-refractivity contribution in [2.75, 3.05) is 0 Å². The average molecular weight is 637 g/mol. The van der Waals surface area contributed by atoms with E-state index in [0.717, 1.165) is 0 Å². The van der Waals surface area contributed by atoms with E-state index in [4.69, 9.17) is 0 Å². The zero-order valence-corrected chi connectivity index (χ0v) is 27.4. The van der Waals surface area contributed by atoms with Crippen LogP contribution < -0.4 is 0 Å². The summed E-state index contributed by atoms with van der Waals surface area (Å²) in [6.45, 7) is 0. The van der Waals surface area contributed by atoms with Crippen LogP contribution in [0.4, 0.5) is 0 Å². The van der Waals surface area contributed by atoms with Crippen LogP contribution in [0.1, 0.15) is 0 Å². The van der Waals surface area contributed by atoms with Gasteiger partial charge in [0.2, 0.25) is 0 Å². The minimum atomic E-state index is 1.17. The van der Waals surface area contributed by atoms with E-state index < -0.39 is 0 Å². The van der Waals surface area contributed by atoms with Gasteiger partial charge in [-0.3, -0.25) is 0 Å². The van der Waals surface area contributed by atoms with Crippen LogP contribution in [-0.2, 0) is 0 Å². The van der Waals surface area contributed by atoms with Crippen molar-refractivity contribution in [1.29, 1.82) is 0 Å². The van der Waals surface area contributed by atoms with Gasteiger partial charge in [0, 0.05) is 38.4 Å². The Morgan fingerprint density at radius 1 is 0.260 bits per heavy atom. The van der Waals surface area contributed by atoms with Gasteiger partial charge in [0.05, 0.1) is 27.8 Å². The van der Waals surface area contributed by atoms with Crippen molar-refractivity contribution in [3.05, 3.63) is 194 Å². The summed E-state index contributed by atoms with van der Waals surface area (Å²) in [4.78, 5) is 0. The molecular formula is C48H32N2. The van der Waals surface area contributed by atoms with Gasteiger partial charge in [-0.15, -0.1) is 0 Å². The molecule has 2 heterocycles. The maximum Gasteiger partial charge on any atom is 0.0618 e. The van der Waals surface area contributed by atoms with Gasteiger partial charge >= 0.3 is 0 Å². The van der Waals surface area contributed by atoms with E-state index in [2.05, 4.69) is 203 Å². The van der Waals surface area contributed by atoms with Crippen LogP contribution in [0.5, 0.6) is 0 Å². The van der Waals surface area contributed by atoms with E-state index in [1.54, 1.807) is 0 Å².